The van der Waals surface area contributed by atoms with Gasteiger partial charge in [0, 0.05) is 5.69 Å². The number of carbonyl (C=O) groups excluding carboxylic acids is 2. The van der Waals surface area contributed by atoms with Crippen molar-refractivity contribution in [3.8, 4) is 0 Å². The summed E-state index contributed by atoms with van der Waals surface area (Å²) >= 11 is 0. The number of nitrogens with one attached hydrogen (secondary N) is 1. The molecule has 0 saturated carbocycles. The van der Waals surface area contributed by atoms with Crippen molar-refractivity contribution in [3.05, 3.63) is 29.8 Å². The first-order valence-electron chi connectivity index (χ1n) is 6.48. The van der Waals surface area contributed by atoms with Crippen LogP contribution in [0.3, 0.4) is 0 Å². The lowest BCUT2D eigenvalue weighted by atomic mass is 10.1. The van der Waals surface area contributed by atoms with E-state index in [-0.39, 0.29) is 17.9 Å². The largest absolute Gasteiger partial charge is 0.399 e. The maximum atomic E-state index is 11.5. The molecule has 2 rings (SSSR count). The predicted molar refractivity (Wildman–Crippen MR) is 73.4 cm³/mol. The number of amides is 2. The van der Waals surface area contributed by atoms with Crippen molar-refractivity contribution in [2.75, 3.05) is 18.8 Å². The van der Waals surface area contributed by atoms with Crippen LogP contribution in [0, 0.1) is 0 Å². The van der Waals surface area contributed by atoms with Crippen LogP contribution in [0.1, 0.15) is 18.9 Å². The first kappa shape index (κ1) is 13.5. The number of anilines is 1. The topological polar surface area (TPSA) is 75.4 Å². The number of imide groups is 1. The zero-order valence-electron chi connectivity index (χ0n) is 11.1. The van der Waals surface area contributed by atoms with E-state index in [1.807, 2.05) is 36.1 Å². The highest BCUT2D eigenvalue weighted by Crippen LogP contribution is 2.11. The molecular formula is C14H19N3O2. The second-order valence-electron chi connectivity index (χ2n) is 4.91. The fraction of sp³-hybridized carbons (Fsp3) is 0.429. The smallest absolute Gasteiger partial charge is 0.243 e. The van der Waals surface area contributed by atoms with Crippen molar-refractivity contribution in [2.24, 2.45) is 0 Å². The van der Waals surface area contributed by atoms with Gasteiger partial charge in [-0.1, -0.05) is 12.1 Å². The molecule has 3 N–H and O–H groups in total. The van der Waals surface area contributed by atoms with Crippen LogP contribution in [0.25, 0.3) is 0 Å². The van der Waals surface area contributed by atoms with Gasteiger partial charge in [0.25, 0.3) is 0 Å². The Kier molecular flexibility index (Phi) is 4.16. The summed E-state index contributed by atoms with van der Waals surface area (Å²) in [5.74, 6) is -0.424. The number of piperazine rings is 1. The van der Waals surface area contributed by atoms with E-state index in [1.54, 1.807) is 0 Å². The molecule has 1 aliphatic rings. The molecule has 2 amide bonds. The summed E-state index contributed by atoms with van der Waals surface area (Å²) < 4.78 is 0. The molecule has 5 nitrogen and oxygen atoms in total. The van der Waals surface area contributed by atoms with Gasteiger partial charge in [0.1, 0.15) is 0 Å². The van der Waals surface area contributed by atoms with Gasteiger partial charge in [-0.15, -0.1) is 0 Å². The Hall–Kier alpha value is -1.88. The second kappa shape index (κ2) is 5.84. The number of hydrogen-bond acceptors (Lipinski definition) is 4. The third-order valence-electron chi connectivity index (χ3n) is 3.40. The minimum Gasteiger partial charge on any atom is -0.399 e. The number of nitrogens with two attached hydrogens (primary N) is 1. The second-order valence-corrected chi connectivity index (χ2v) is 4.91. The summed E-state index contributed by atoms with van der Waals surface area (Å²) in [6.07, 6.45) is 1.79. The highest BCUT2D eigenvalue weighted by molar-refractivity contribution is 6.00. The number of nitrogens with zero attached hydrogens (tertiary/aromatic N) is 1. The van der Waals surface area contributed by atoms with Crippen molar-refractivity contribution in [1.29, 1.82) is 0 Å². The minimum atomic E-state index is -0.237. The molecule has 0 radical (unpaired) electrons. The zero-order valence-corrected chi connectivity index (χ0v) is 11.1. The normalized spacial score (nSPS) is 20.4. The first-order valence-corrected chi connectivity index (χ1v) is 6.48. The van der Waals surface area contributed by atoms with Crippen molar-refractivity contribution in [3.63, 3.8) is 0 Å². The van der Waals surface area contributed by atoms with Gasteiger partial charge >= 0.3 is 0 Å². The Morgan fingerprint density at radius 1 is 1.42 bits per heavy atom. The van der Waals surface area contributed by atoms with Crippen LogP contribution < -0.4 is 11.1 Å². The van der Waals surface area contributed by atoms with Gasteiger partial charge in [0.05, 0.1) is 12.6 Å². The number of rotatable bonds is 4. The molecule has 1 aromatic rings. The van der Waals surface area contributed by atoms with Crippen molar-refractivity contribution in [1.82, 2.24) is 10.2 Å². The van der Waals surface area contributed by atoms with Crippen LogP contribution in [-0.2, 0) is 16.0 Å². The van der Waals surface area contributed by atoms with E-state index in [2.05, 4.69) is 5.32 Å². The lowest BCUT2D eigenvalue weighted by Crippen LogP contribution is -2.56. The third-order valence-corrected chi connectivity index (χ3v) is 3.40. The molecule has 0 spiro atoms. The summed E-state index contributed by atoms with van der Waals surface area (Å²) in [5, 5.41) is 2.34. The summed E-state index contributed by atoms with van der Waals surface area (Å²) in [5.41, 5.74) is 7.67. The molecule has 1 unspecified atom stereocenters. The SMILES string of the molecule is CC1C(=O)NC(=O)CN1CCCc1cccc(N)c1. The summed E-state index contributed by atoms with van der Waals surface area (Å²) in [6, 6.07) is 7.55. The maximum absolute atomic E-state index is 11.5. The molecule has 1 fully saturated rings. The summed E-state index contributed by atoms with van der Waals surface area (Å²) in [6.45, 7) is 2.85. The molecule has 1 heterocycles. The van der Waals surface area contributed by atoms with Gasteiger partial charge in [-0.2, -0.15) is 0 Å². The van der Waals surface area contributed by atoms with Crippen molar-refractivity contribution >= 4 is 17.5 Å². The van der Waals surface area contributed by atoms with Gasteiger partial charge in [-0.05, 0) is 44.0 Å². The Bertz CT molecular complexity index is 487. The van der Waals surface area contributed by atoms with Gasteiger partial charge in [0.15, 0.2) is 0 Å². The van der Waals surface area contributed by atoms with Crippen LogP contribution in [0.4, 0.5) is 5.69 Å². The Morgan fingerprint density at radius 2 is 2.21 bits per heavy atom. The Labute approximate surface area is 112 Å². The standard InChI is InChI=1S/C14H19N3O2/c1-10-14(19)16-13(18)9-17(10)7-3-5-11-4-2-6-12(15)8-11/h2,4,6,8,10H,3,5,7,9,15H2,1H3,(H,16,18,19). The molecule has 1 aliphatic heterocycles. The number of nitrogen functional groups attached to an aromatic ring is 1. The molecule has 1 saturated heterocycles. The van der Waals surface area contributed by atoms with Gasteiger partial charge in [-0.25, -0.2) is 0 Å². The number of hydrogen-bond donors (Lipinski definition) is 2. The fourth-order valence-electron chi connectivity index (χ4n) is 2.28. The van der Waals surface area contributed by atoms with Crippen LogP contribution in [0.15, 0.2) is 24.3 Å². The maximum Gasteiger partial charge on any atom is 0.243 e. The lowest BCUT2D eigenvalue weighted by molar-refractivity contribution is -0.139. The molecule has 1 aromatic carbocycles. The number of benzene rings is 1. The highest BCUT2D eigenvalue weighted by atomic mass is 16.2. The fourth-order valence-corrected chi connectivity index (χ4v) is 2.28. The molecule has 1 atom stereocenters. The highest BCUT2D eigenvalue weighted by Gasteiger charge is 2.29. The average Bonchev–Trinajstić information content (AvgIpc) is 2.35. The summed E-state index contributed by atoms with van der Waals surface area (Å²) in [7, 11) is 0. The van der Waals surface area contributed by atoms with Crippen LogP contribution in [-0.4, -0.2) is 35.8 Å². The van der Waals surface area contributed by atoms with E-state index in [4.69, 9.17) is 5.73 Å². The quantitative estimate of drug-likeness (QED) is 0.613. The molecule has 0 aliphatic carbocycles. The molecule has 0 bridgehead atoms. The van der Waals surface area contributed by atoms with E-state index in [1.165, 1.54) is 5.56 Å². The monoisotopic (exact) mass is 261 g/mol. The van der Waals surface area contributed by atoms with Crippen LogP contribution in [0.2, 0.25) is 0 Å². The molecule has 19 heavy (non-hydrogen) atoms. The van der Waals surface area contributed by atoms with Crippen LogP contribution in [0.5, 0.6) is 0 Å². The van der Waals surface area contributed by atoms with E-state index in [9.17, 15) is 9.59 Å². The van der Waals surface area contributed by atoms with Gasteiger partial charge < -0.3 is 5.73 Å². The molecule has 102 valence electrons. The molecule has 5 heteroatoms. The predicted octanol–water partition coefficient (Wildman–Crippen LogP) is 0.548. The van der Waals surface area contributed by atoms with Gasteiger partial charge in [-0.3, -0.25) is 19.8 Å². The van der Waals surface area contributed by atoms with E-state index in [0.717, 1.165) is 25.1 Å². The summed E-state index contributed by atoms with van der Waals surface area (Å²) in [4.78, 5) is 24.7. The van der Waals surface area contributed by atoms with E-state index >= 15 is 0 Å². The average molecular weight is 261 g/mol. The first-order chi connectivity index (χ1) is 9.06. The molecule has 0 aromatic heterocycles. The Morgan fingerprint density at radius 3 is 2.95 bits per heavy atom. The number of carbonyl (C=O) groups is 2. The minimum absolute atomic E-state index is 0.208. The van der Waals surface area contributed by atoms with E-state index in [0.29, 0.717) is 6.54 Å². The van der Waals surface area contributed by atoms with E-state index < -0.39 is 0 Å². The zero-order chi connectivity index (χ0) is 13.8. The Balaban J connectivity index is 1.85. The molecular weight excluding hydrogens is 242 g/mol. The van der Waals surface area contributed by atoms with Crippen molar-refractivity contribution in [2.45, 2.75) is 25.8 Å². The third kappa shape index (κ3) is 3.54. The lowest BCUT2D eigenvalue weighted by Gasteiger charge is -2.31. The van der Waals surface area contributed by atoms with Gasteiger partial charge in [0.2, 0.25) is 11.8 Å². The van der Waals surface area contributed by atoms with Crippen LogP contribution >= 0.6 is 0 Å². The van der Waals surface area contributed by atoms with Crippen molar-refractivity contribution < 1.29 is 9.59 Å². The number of aryl methyl sites for hydroxylation is 1.